The Labute approximate surface area is 148 Å². The molecule has 138 valence electrons. The maximum absolute atomic E-state index is 12.0. The topological polar surface area (TPSA) is 84.9 Å². The number of benzene rings is 1. The van der Waals surface area contributed by atoms with Gasteiger partial charge in [-0.15, -0.1) is 0 Å². The smallest absolute Gasteiger partial charge is 0.331 e. The van der Waals surface area contributed by atoms with Gasteiger partial charge < -0.3 is 19.9 Å². The summed E-state index contributed by atoms with van der Waals surface area (Å²) in [6, 6.07) is 6.76. The van der Waals surface area contributed by atoms with Crippen molar-refractivity contribution in [2.45, 2.75) is 57.6 Å². The van der Waals surface area contributed by atoms with Gasteiger partial charge in [-0.3, -0.25) is 4.79 Å². The zero-order chi connectivity index (χ0) is 18.1. The van der Waals surface area contributed by atoms with Crippen molar-refractivity contribution in [2.24, 2.45) is 0 Å². The van der Waals surface area contributed by atoms with Gasteiger partial charge in [0.05, 0.1) is 19.3 Å². The van der Waals surface area contributed by atoms with Gasteiger partial charge in [-0.05, 0) is 56.7 Å². The largest absolute Gasteiger partial charge is 0.490 e. The molecule has 0 aromatic heterocycles. The number of nitrogens with one attached hydrogen (secondary N) is 1. The molecule has 1 atom stereocenters. The second kappa shape index (κ2) is 10.0. The third kappa shape index (κ3) is 6.38. The number of aliphatic hydroxyl groups is 1. The lowest BCUT2D eigenvalue weighted by Crippen LogP contribution is -2.44. The molecule has 25 heavy (non-hydrogen) atoms. The van der Waals surface area contributed by atoms with Crippen LogP contribution in [0.15, 0.2) is 24.3 Å². The van der Waals surface area contributed by atoms with E-state index in [1.54, 1.807) is 6.92 Å². The number of esters is 1. The van der Waals surface area contributed by atoms with Crippen molar-refractivity contribution in [3.05, 3.63) is 29.8 Å². The molecule has 0 spiro atoms. The van der Waals surface area contributed by atoms with E-state index in [0.29, 0.717) is 12.5 Å². The highest BCUT2D eigenvalue weighted by Crippen LogP contribution is 2.24. The van der Waals surface area contributed by atoms with Crippen LogP contribution < -0.4 is 10.1 Å². The molecule has 0 aliphatic heterocycles. The summed E-state index contributed by atoms with van der Waals surface area (Å²) < 4.78 is 10.8. The number of hydrogen-bond acceptors (Lipinski definition) is 5. The summed E-state index contributed by atoms with van der Waals surface area (Å²) >= 11 is 0. The minimum Gasteiger partial charge on any atom is -0.490 e. The van der Waals surface area contributed by atoms with Crippen molar-refractivity contribution in [1.82, 2.24) is 5.32 Å². The van der Waals surface area contributed by atoms with Gasteiger partial charge in [0.25, 0.3) is 0 Å². The lowest BCUT2D eigenvalue weighted by Gasteiger charge is -2.15. The monoisotopic (exact) mass is 349 g/mol. The Hall–Kier alpha value is -2.08. The van der Waals surface area contributed by atoms with Crippen LogP contribution in [0, 0.1) is 0 Å². The molecule has 1 fully saturated rings. The zero-order valence-electron chi connectivity index (χ0n) is 14.7. The number of aryl methyl sites for hydroxylation is 1. The van der Waals surface area contributed by atoms with Crippen LogP contribution in [0.4, 0.5) is 0 Å². The molecule has 2 N–H and O–H groups in total. The summed E-state index contributed by atoms with van der Waals surface area (Å²) in [5, 5.41) is 11.7. The van der Waals surface area contributed by atoms with Crippen LogP contribution in [0.1, 0.15) is 44.6 Å². The summed E-state index contributed by atoms with van der Waals surface area (Å²) in [6.07, 6.45) is 5.70. The van der Waals surface area contributed by atoms with Gasteiger partial charge in [0, 0.05) is 6.42 Å². The van der Waals surface area contributed by atoms with Gasteiger partial charge in [-0.25, -0.2) is 4.79 Å². The van der Waals surface area contributed by atoms with Crippen LogP contribution in [0.3, 0.4) is 0 Å². The van der Waals surface area contributed by atoms with Crippen molar-refractivity contribution in [2.75, 3.05) is 13.2 Å². The molecule has 1 aromatic carbocycles. The first-order valence-corrected chi connectivity index (χ1v) is 8.94. The van der Waals surface area contributed by atoms with Crippen LogP contribution in [-0.4, -0.2) is 42.3 Å². The van der Waals surface area contributed by atoms with Crippen molar-refractivity contribution in [1.29, 1.82) is 0 Å². The van der Waals surface area contributed by atoms with Crippen molar-refractivity contribution < 1.29 is 24.2 Å². The van der Waals surface area contributed by atoms with Crippen LogP contribution in [-0.2, 0) is 20.7 Å². The molecular weight excluding hydrogens is 322 g/mol. The number of hydrogen-bond donors (Lipinski definition) is 2. The molecule has 0 radical (unpaired) electrons. The minimum atomic E-state index is -1.01. The quantitative estimate of drug-likeness (QED) is 0.666. The molecule has 1 amide bonds. The van der Waals surface area contributed by atoms with E-state index in [9.17, 15) is 14.7 Å². The maximum atomic E-state index is 12.0. The van der Waals surface area contributed by atoms with Gasteiger partial charge in [0.1, 0.15) is 5.75 Å². The van der Waals surface area contributed by atoms with E-state index in [2.05, 4.69) is 5.32 Å². The highest BCUT2D eigenvalue weighted by molar-refractivity contribution is 5.84. The molecule has 1 aromatic rings. The first-order chi connectivity index (χ1) is 12.1. The molecule has 0 heterocycles. The van der Waals surface area contributed by atoms with E-state index in [-0.39, 0.29) is 18.9 Å². The predicted molar refractivity (Wildman–Crippen MR) is 93.3 cm³/mol. The Kier molecular flexibility index (Phi) is 7.73. The molecule has 1 saturated carbocycles. The van der Waals surface area contributed by atoms with E-state index in [0.717, 1.165) is 24.2 Å². The van der Waals surface area contributed by atoms with E-state index in [1.807, 2.05) is 24.3 Å². The van der Waals surface area contributed by atoms with Crippen LogP contribution in [0.2, 0.25) is 0 Å². The van der Waals surface area contributed by atoms with Crippen molar-refractivity contribution in [3.63, 3.8) is 0 Å². The van der Waals surface area contributed by atoms with Gasteiger partial charge in [-0.2, -0.15) is 0 Å². The summed E-state index contributed by atoms with van der Waals surface area (Å²) in [5.74, 6) is -0.0795. The van der Waals surface area contributed by atoms with E-state index in [4.69, 9.17) is 9.47 Å². The third-order valence-corrected chi connectivity index (χ3v) is 4.23. The summed E-state index contributed by atoms with van der Waals surface area (Å²) in [6.45, 7) is 1.41. The first-order valence-electron chi connectivity index (χ1n) is 8.94. The minimum absolute atomic E-state index is 0.207. The van der Waals surface area contributed by atoms with Crippen molar-refractivity contribution >= 4 is 11.9 Å². The standard InChI is InChI=1S/C19H27NO5/c1-2-24-19(23)17(13-21)20-18(22)11-10-14-6-5-9-16(12-14)25-15-7-3-4-8-15/h5-6,9,12,15,17,21H,2-4,7-8,10-11,13H2,1H3,(H,20,22)/t17-/m1/s1. The number of amides is 1. The fourth-order valence-electron chi connectivity index (χ4n) is 2.92. The fraction of sp³-hybridized carbons (Fsp3) is 0.579. The second-order valence-electron chi connectivity index (χ2n) is 6.23. The Balaban J connectivity index is 1.81. The zero-order valence-corrected chi connectivity index (χ0v) is 14.7. The number of rotatable bonds is 9. The third-order valence-electron chi connectivity index (χ3n) is 4.23. The molecule has 0 bridgehead atoms. The molecule has 0 saturated heterocycles. The lowest BCUT2D eigenvalue weighted by molar-refractivity contribution is -0.148. The Bertz CT molecular complexity index is 569. The van der Waals surface area contributed by atoms with Crippen LogP contribution in [0.5, 0.6) is 5.75 Å². The number of carbonyl (C=O) groups is 2. The molecule has 1 aliphatic carbocycles. The predicted octanol–water partition coefficient (Wildman–Crippen LogP) is 1.98. The van der Waals surface area contributed by atoms with E-state index >= 15 is 0 Å². The van der Waals surface area contributed by atoms with Crippen molar-refractivity contribution in [3.8, 4) is 5.75 Å². The first kappa shape index (κ1) is 19.2. The van der Waals surface area contributed by atoms with Gasteiger partial charge in [-0.1, -0.05) is 12.1 Å². The second-order valence-corrected chi connectivity index (χ2v) is 6.23. The number of ether oxygens (including phenoxy) is 2. The van der Waals surface area contributed by atoms with E-state index < -0.39 is 18.6 Å². The summed E-state index contributed by atoms with van der Waals surface area (Å²) in [4.78, 5) is 23.6. The maximum Gasteiger partial charge on any atom is 0.331 e. The van der Waals surface area contributed by atoms with Gasteiger partial charge in [0.2, 0.25) is 5.91 Å². The molecule has 2 rings (SSSR count). The lowest BCUT2D eigenvalue weighted by atomic mass is 10.1. The highest BCUT2D eigenvalue weighted by atomic mass is 16.5. The number of carbonyl (C=O) groups excluding carboxylic acids is 2. The van der Waals surface area contributed by atoms with Gasteiger partial charge >= 0.3 is 5.97 Å². The Morgan fingerprint density at radius 1 is 1.32 bits per heavy atom. The summed E-state index contributed by atoms with van der Waals surface area (Å²) in [5.41, 5.74) is 1.00. The molecule has 0 unspecified atom stereocenters. The SMILES string of the molecule is CCOC(=O)[C@@H](CO)NC(=O)CCc1cccc(OC2CCCC2)c1. The van der Waals surface area contributed by atoms with Gasteiger partial charge in [0.15, 0.2) is 6.04 Å². The average Bonchev–Trinajstić information content (AvgIpc) is 3.11. The van der Waals surface area contributed by atoms with E-state index in [1.165, 1.54) is 12.8 Å². The Morgan fingerprint density at radius 2 is 2.08 bits per heavy atom. The van der Waals surface area contributed by atoms with Crippen LogP contribution in [0.25, 0.3) is 0 Å². The molecule has 1 aliphatic rings. The molecular formula is C19H27NO5. The molecule has 6 nitrogen and oxygen atoms in total. The highest BCUT2D eigenvalue weighted by Gasteiger charge is 2.21. The Morgan fingerprint density at radius 3 is 2.76 bits per heavy atom. The summed E-state index contributed by atoms with van der Waals surface area (Å²) in [7, 11) is 0. The normalized spacial score (nSPS) is 15.6. The average molecular weight is 349 g/mol. The fourth-order valence-corrected chi connectivity index (χ4v) is 2.92. The number of aliphatic hydroxyl groups excluding tert-OH is 1. The molecule has 6 heteroatoms. The van der Waals surface area contributed by atoms with Crippen LogP contribution >= 0.6 is 0 Å².